The number of hydrazine groups is 1. The Morgan fingerprint density at radius 3 is 2.24 bits per heavy atom. The first kappa shape index (κ1) is 18.4. The smallest absolute Gasteiger partial charge is 0.267 e. The number of rotatable bonds is 4. The Kier molecular flexibility index (Phi) is 5.29. The molecule has 2 heterocycles. The number of amides is 2. The fourth-order valence-electron chi connectivity index (χ4n) is 3.16. The lowest BCUT2D eigenvalue weighted by Crippen LogP contribution is -2.44. The van der Waals surface area contributed by atoms with Crippen LogP contribution in [0.2, 0.25) is 0 Å². The third-order valence-electron chi connectivity index (χ3n) is 4.59. The van der Waals surface area contributed by atoms with Gasteiger partial charge in [0.25, 0.3) is 11.8 Å². The molecule has 0 bridgehead atoms. The summed E-state index contributed by atoms with van der Waals surface area (Å²) in [6, 6.07) is 22.8. The zero-order chi connectivity index (χ0) is 20.1. The van der Waals surface area contributed by atoms with Gasteiger partial charge >= 0.3 is 0 Å². The van der Waals surface area contributed by atoms with E-state index < -0.39 is 11.8 Å². The predicted octanol–water partition coefficient (Wildman–Crippen LogP) is 2.85. The summed E-state index contributed by atoms with van der Waals surface area (Å²) in [4.78, 5) is 28.6. The Balaban J connectivity index is 1.51. The summed E-state index contributed by atoms with van der Waals surface area (Å²) in [7, 11) is 0. The van der Waals surface area contributed by atoms with Crippen molar-refractivity contribution in [2.24, 2.45) is 5.10 Å². The number of aromatic nitrogens is 1. The van der Waals surface area contributed by atoms with Gasteiger partial charge in [0.2, 0.25) is 0 Å². The largest absolute Gasteiger partial charge is 0.285 e. The van der Waals surface area contributed by atoms with Gasteiger partial charge in [0.15, 0.2) is 0 Å². The Labute approximate surface area is 168 Å². The van der Waals surface area contributed by atoms with E-state index >= 15 is 0 Å². The number of carbonyl (C=O) groups excluding carboxylic acids is 2. The number of hydrogen-bond donors (Lipinski definition) is 2. The molecule has 1 atom stereocenters. The van der Waals surface area contributed by atoms with Crippen molar-refractivity contribution in [1.29, 1.82) is 0 Å². The molecule has 1 aliphatic rings. The summed E-state index contributed by atoms with van der Waals surface area (Å²) in [6.45, 7) is 0. The summed E-state index contributed by atoms with van der Waals surface area (Å²) in [5.74, 6) is -0.883. The zero-order valence-corrected chi connectivity index (χ0v) is 15.5. The molecule has 144 valence electrons. The van der Waals surface area contributed by atoms with Crippen LogP contribution in [0.15, 0.2) is 90.3 Å². The van der Waals surface area contributed by atoms with Crippen molar-refractivity contribution in [2.45, 2.75) is 12.5 Å². The summed E-state index contributed by atoms with van der Waals surface area (Å²) in [6.07, 6.45) is 3.43. The van der Waals surface area contributed by atoms with E-state index in [1.54, 1.807) is 18.3 Å². The Bertz CT molecular complexity index is 1020. The quantitative estimate of drug-likeness (QED) is 0.676. The average Bonchev–Trinajstić information content (AvgIpc) is 3.25. The lowest BCUT2D eigenvalue weighted by molar-refractivity contribution is -0.115. The van der Waals surface area contributed by atoms with Crippen molar-refractivity contribution < 1.29 is 9.59 Å². The molecule has 3 aromatic rings. The third kappa shape index (κ3) is 4.14. The molecule has 0 saturated heterocycles. The van der Waals surface area contributed by atoms with Gasteiger partial charge in [-0.05, 0) is 29.8 Å². The van der Waals surface area contributed by atoms with Crippen LogP contribution in [-0.2, 0) is 4.79 Å². The number of benzene rings is 2. The molecule has 29 heavy (non-hydrogen) atoms. The van der Waals surface area contributed by atoms with E-state index in [-0.39, 0.29) is 6.04 Å². The monoisotopic (exact) mass is 385 g/mol. The normalized spacial score (nSPS) is 15.5. The molecule has 7 heteroatoms. The maximum Gasteiger partial charge on any atom is 0.285 e. The lowest BCUT2D eigenvalue weighted by Gasteiger charge is -2.23. The van der Waals surface area contributed by atoms with Crippen molar-refractivity contribution in [3.63, 3.8) is 0 Å². The molecule has 0 unspecified atom stereocenters. The van der Waals surface area contributed by atoms with Crippen LogP contribution >= 0.6 is 0 Å². The topological polar surface area (TPSA) is 86.7 Å². The van der Waals surface area contributed by atoms with Gasteiger partial charge in [-0.3, -0.25) is 30.4 Å². The minimum absolute atomic E-state index is 0.103. The van der Waals surface area contributed by atoms with E-state index in [2.05, 4.69) is 20.9 Å². The van der Waals surface area contributed by atoms with Crippen LogP contribution in [0.25, 0.3) is 0 Å². The van der Waals surface area contributed by atoms with E-state index in [1.807, 2.05) is 65.7 Å². The Hall–Kier alpha value is -4.00. The van der Waals surface area contributed by atoms with Crippen molar-refractivity contribution in [1.82, 2.24) is 15.8 Å². The first-order valence-corrected chi connectivity index (χ1v) is 9.20. The van der Waals surface area contributed by atoms with Gasteiger partial charge in [-0.1, -0.05) is 48.5 Å². The predicted molar refractivity (Wildman–Crippen MR) is 110 cm³/mol. The molecule has 2 aromatic carbocycles. The summed E-state index contributed by atoms with van der Waals surface area (Å²) in [5, 5.41) is 6.38. The minimum Gasteiger partial charge on any atom is -0.267 e. The molecule has 1 aromatic heterocycles. The maximum absolute atomic E-state index is 12.6. The van der Waals surface area contributed by atoms with E-state index in [1.165, 1.54) is 6.20 Å². The first-order valence-electron chi connectivity index (χ1n) is 9.20. The van der Waals surface area contributed by atoms with Gasteiger partial charge < -0.3 is 0 Å². The van der Waals surface area contributed by atoms with Crippen molar-refractivity contribution in [2.75, 3.05) is 5.01 Å². The molecule has 0 fully saturated rings. The number of hydrogen-bond acceptors (Lipinski definition) is 5. The summed E-state index contributed by atoms with van der Waals surface area (Å²) >= 11 is 0. The number of anilines is 1. The second-order valence-corrected chi connectivity index (χ2v) is 6.51. The zero-order valence-electron chi connectivity index (χ0n) is 15.5. The van der Waals surface area contributed by atoms with Crippen molar-refractivity contribution in [3.8, 4) is 0 Å². The van der Waals surface area contributed by atoms with Crippen LogP contribution < -0.4 is 15.9 Å². The average molecular weight is 385 g/mol. The minimum atomic E-state index is -0.443. The second-order valence-electron chi connectivity index (χ2n) is 6.51. The van der Waals surface area contributed by atoms with E-state index in [4.69, 9.17) is 0 Å². The highest BCUT2D eigenvalue weighted by Gasteiger charge is 2.32. The Morgan fingerprint density at radius 1 is 0.862 bits per heavy atom. The van der Waals surface area contributed by atoms with E-state index in [9.17, 15) is 9.59 Å². The van der Waals surface area contributed by atoms with Gasteiger partial charge in [0.05, 0.1) is 17.3 Å². The molecule has 0 spiro atoms. The molecular weight excluding hydrogens is 366 g/mol. The molecule has 0 aliphatic carbocycles. The highest BCUT2D eigenvalue weighted by molar-refractivity contribution is 6.39. The molecule has 0 saturated carbocycles. The highest BCUT2D eigenvalue weighted by Crippen LogP contribution is 2.34. The van der Waals surface area contributed by atoms with Gasteiger partial charge in [-0.25, -0.2) is 0 Å². The van der Waals surface area contributed by atoms with Gasteiger partial charge in [0, 0.05) is 18.8 Å². The van der Waals surface area contributed by atoms with Crippen LogP contribution in [0.5, 0.6) is 0 Å². The SMILES string of the molecule is O=C(NNC(=O)c1cccnc1)C1=NN(c2ccccc2)[C@H](c2ccccc2)C1. The standard InChI is InChI=1S/C22H19N5O2/c28-21(17-10-7-13-23-15-17)24-25-22(29)19-14-20(16-8-3-1-4-9-16)27(26-19)18-11-5-2-6-12-18/h1-13,15,20H,14H2,(H,24,28)(H,25,29)/t20-/m0/s1. The van der Waals surface area contributed by atoms with Crippen LogP contribution in [0.1, 0.15) is 28.4 Å². The molecule has 1 aliphatic heterocycles. The van der Waals surface area contributed by atoms with Gasteiger partial charge in [0.1, 0.15) is 5.71 Å². The molecule has 2 N–H and O–H groups in total. The molecule has 0 radical (unpaired) electrons. The molecule has 2 amide bonds. The van der Waals surface area contributed by atoms with E-state index in [0.29, 0.717) is 17.7 Å². The second kappa shape index (κ2) is 8.35. The number of carbonyl (C=O) groups is 2. The highest BCUT2D eigenvalue weighted by atomic mass is 16.2. The van der Waals surface area contributed by atoms with Crippen molar-refractivity contribution in [3.05, 3.63) is 96.3 Å². The summed E-state index contributed by atoms with van der Waals surface area (Å²) < 4.78 is 0. The molecule has 4 rings (SSSR count). The summed E-state index contributed by atoms with van der Waals surface area (Å²) in [5.41, 5.74) is 7.50. The van der Waals surface area contributed by atoms with E-state index in [0.717, 1.165) is 11.3 Å². The van der Waals surface area contributed by atoms with Crippen LogP contribution in [-0.4, -0.2) is 22.5 Å². The maximum atomic E-state index is 12.6. The fraction of sp³-hybridized carbons (Fsp3) is 0.0909. The van der Waals surface area contributed by atoms with Crippen molar-refractivity contribution >= 4 is 23.2 Å². The van der Waals surface area contributed by atoms with Gasteiger partial charge in [-0.15, -0.1) is 0 Å². The lowest BCUT2D eigenvalue weighted by atomic mass is 10.0. The van der Waals surface area contributed by atoms with Gasteiger partial charge in [-0.2, -0.15) is 5.10 Å². The third-order valence-corrected chi connectivity index (χ3v) is 4.59. The Morgan fingerprint density at radius 2 is 1.55 bits per heavy atom. The molecule has 7 nitrogen and oxygen atoms in total. The number of para-hydroxylation sites is 1. The van der Waals surface area contributed by atoms with Crippen LogP contribution in [0.3, 0.4) is 0 Å². The molecular formula is C22H19N5O2. The number of hydrazone groups is 1. The number of pyridine rings is 1. The van der Waals surface area contributed by atoms with Crippen LogP contribution in [0.4, 0.5) is 5.69 Å². The first-order chi connectivity index (χ1) is 14.2. The number of nitrogens with one attached hydrogen (secondary N) is 2. The fourth-order valence-corrected chi connectivity index (χ4v) is 3.16. The van der Waals surface area contributed by atoms with Crippen LogP contribution in [0, 0.1) is 0 Å². The number of nitrogens with zero attached hydrogens (tertiary/aromatic N) is 3.